The molecule has 144 valence electrons. The lowest BCUT2D eigenvalue weighted by molar-refractivity contribution is -0.122. The number of rotatable bonds is 7. The van der Waals surface area contributed by atoms with Crippen molar-refractivity contribution in [1.82, 2.24) is 10.2 Å². The van der Waals surface area contributed by atoms with E-state index >= 15 is 0 Å². The summed E-state index contributed by atoms with van der Waals surface area (Å²) in [4.78, 5) is 14.8. The molecule has 0 atom stereocenters. The predicted molar refractivity (Wildman–Crippen MR) is 108 cm³/mol. The smallest absolute Gasteiger partial charge is 0.221 e. The Bertz CT molecular complexity index is 720. The highest BCUT2D eigenvalue weighted by Gasteiger charge is 2.23. The zero-order valence-corrected chi connectivity index (χ0v) is 16.4. The van der Waals surface area contributed by atoms with Crippen molar-refractivity contribution in [3.8, 4) is 0 Å². The first kappa shape index (κ1) is 19.6. The van der Waals surface area contributed by atoms with Crippen molar-refractivity contribution in [2.75, 3.05) is 26.3 Å². The lowest BCUT2D eigenvalue weighted by Gasteiger charge is -2.26. The molecule has 1 heterocycles. The van der Waals surface area contributed by atoms with Crippen LogP contribution in [0.4, 0.5) is 0 Å². The Morgan fingerprint density at radius 3 is 2.30 bits per heavy atom. The topological polar surface area (TPSA) is 41.6 Å². The summed E-state index contributed by atoms with van der Waals surface area (Å²) in [6.07, 6.45) is 0.478. The van der Waals surface area contributed by atoms with Crippen LogP contribution in [0.25, 0.3) is 0 Å². The van der Waals surface area contributed by atoms with Gasteiger partial charge in [0.1, 0.15) is 0 Å². The fourth-order valence-corrected chi connectivity index (χ4v) is 3.44. The number of carbonyl (C=O) groups excluding carboxylic acids is 1. The molecule has 27 heavy (non-hydrogen) atoms. The quantitative estimate of drug-likeness (QED) is 0.815. The molecule has 1 aliphatic heterocycles. The number of nitrogens with zero attached hydrogens (tertiary/aromatic N) is 1. The van der Waals surface area contributed by atoms with Gasteiger partial charge in [0, 0.05) is 32.6 Å². The summed E-state index contributed by atoms with van der Waals surface area (Å²) in [5.41, 5.74) is 3.45. The van der Waals surface area contributed by atoms with Gasteiger partial charge in [-0.1, -0.05) is 68.4 Å². The molecule has 0 aliphatic carbocycles. The zero-order valence-electron chi connectivity index (χ0n) is 16.4. The van der Waals surface area contributed by atoms with Crippen molar-refractivity contribution in [3.05, 3.63) is 71.3 Å². The monoisotopic (exact) mass is 366 g/mol. The van der Waals surface area contributed by atoms with Crippen molar-refractivity contribution in [3.63, 3.8) is 0 Å². The summed E-state index contributed by atoms with van der Waals surface area (Å²) in [6.45, 7) is 9.39. The van der Waals surface area contributed by atoms with Gasteiger partial charge in [-0.3, -0.25) is 9.69 Å². The van der Waals surface area contributed by atoms with Gasteiger partial charge in [-0.2, -0.15) is 0 Å². The zero-order chi connectivity index (χ0) is 19.1. The molecule has 0 bridgehead atoms. The molecule has 0 aromatic heterocycles. The van der Waals surface area contributed by atoms with Crippen molar-refractivity contribution in [2.45, 2.75) is 38.8 Å². The van der Waals surface area contributed by atoms with Crippen molar-refractivity contribution in [1.29, 1.82) is 0 Å². The molecule has 2 aromatic rings. The standard InChI is InChI=1S/C23H30N2O2/c1-23(2,21-6-4-3-5-7-21)16-22(26)24-17-19-8-10-20(11-9-19)18-25-12-14-27-15-13-25/h3-11H,12-18H2,1-2H3,(H,24,26). The molecule has 4 heteroatoms. The maximum absolute atomic E-state index is 12.4. The Labute approximate surface area is 162 Å². The molecule has 2 aromatic carbocycles. The van der Waals surface area contributed by atoms with E-state index in [1.54, 1.807) is 0 Å². The number of amides is 1. The molecule has 1 fully saturated rings. The maximum Gasteiger partial charge on any atom is 0.221 e. The van der Waals surface area contributed by atoms with E-state index in [9.17, 15) is 4.79 Å². The molecule has 0 spiro atoms. The Kier molecular flexibility index (Phi) is 6.64. The van der Waals surface area contributed by atoms with Crippen molar-refractivity contribution in [2.24, 2.45) is 0 Å². The van der Waals surface area contributed by atoms with Gasteiger partial charge >= 0.3 is 0 Å². The Hall–Kier alpha value is -2.17. The van der Waals surface area contributed by atoms with E-state index in [-0.39, 0.29) is 11.3 Å². The lowest BCUT2D eigenvalue weighted by Crippen LogP contribution is -2.35. The van der Waals surface area contributed by atoms with Gasteiger partial charge in [0.2, 0.25) is 5.91 Å². The average Bonchev–Trinajstić information content (AvgIpc) is 2.69. The number of morpholine rings is 1. The molecule has 0 saturated carbocycles. The van der Waals surface area contributed by atoms with Gasteiger partial charge in [-0.15, -0.1) is 0 Å². The minimum absolute atomic E-state index is 0.0845. The molecule has 0 unspecified atom stereocenters. The van der Waals surface area contributed by atoms with E-state index in [0.29, 0.717) is 13.0 Å². The minimum atomic E-state index is -0.173. The van der Waals surface area contributed by atoms with Gasteiger partial charge in [0.05, 0.1) is 13.2 Å². The van der Waals surface area contributed by atoms with Gasteiger partial charge in [-0.05, 0) is 22.1 Å². The second-order valence-electron chi connectivity index (χ2n) is 7.91. The summed E-state index contributed by atoms with van der Waals surface area (Å²) in [6, 6.07) is 18.7. The minimum Gasteiger partial charge on any atom is -0.379 e. The van der Waals surface area contributed by atoms with E-state index < -0.39 is 0 Å². The van der Waals surface area contributed by atoms with Gasteiger partial charge in [0.25, 0.3) is 0 Å². The number of hydrogen-bond acceptors (Lipinski definition) is 3. The fourth-order valence-electron chi connectivity index (χ4n) is 3.44. The summed E-state index contributed by atoms with van der Waals surface area (Å²) in [5.74, 6) is 0.0845. The van der Waals surface area contributed by atoms with Crippen molar-refractivity contribution >= 4 is 5.91 Å². The molecule has 4 nitrogen and oxygen atoms in total. The largest absolute Gasteiger partial charge is 0.379 e. The molecule has 3 rings (SSSR count). The summed E-state index contributed by atoms with van der Waals surface area (Å²) >= 11 is 0. The first-order valence-corrected chi connectivity index (χ1v) is 9.73. The molecule has 1 amide bonds. The van der Waals surface area contributed by atoms with Gasteiger partial charge < -0.3 is 10.1 Å². The van der Waals surface area contributed by atoms with E-state index in [4.69, 9.17) is 4.74 Å². The SMILES string of the molecule is CC(C)(CC(=O)NCc1ccc(CN2CCOCC2)cc1)c1ccccc1. The Morgan fingerprint density at radius 2 is 1.63 bits per heavy atom. The molecule has 1 N–H and O–H groups in total. The molecule has 1 aliphatic rings. The second-order valence-corrected chi connectivity index (χ2v) is 7.91. The van der Waals surface area contributed by atoms with E-state index in [1.807, 2.05) is 18.2 Å². The highest BCUT2D eigenvalue weighted by molar-refractivity contribution is 5.77. The highest BCUT2D eigenvalue weighted by atomic mass is 16.5. The average molecular weight is 367 g/mol. The fraction of sp³-hybridized carbons (Fsp3) is 0.435. The van der Waals surface area contributed by atoms with Crippen LogP contribution in [0.1, 0.15) is 37.0 Å². The molecule has 1 saturated heterocycles. The van der Waals surface area contributed by atoms with E-state index in [1.165, 1.54) is 11.1 Å². The lowest BCUT2D eigenvalue weighted by atomic mass is 9.81. The van der Waals surface area contributed by atoms with Gasteiger partial charge in [-0.25, -0.2) is 0 Å². The molecule has 0 radical (unpaired) electrons. The number of hydrogen-bond donors (Lipinski definition) is 1. The second kappa shape index (κ2) is 9.16. The third kappa shape index (κ3) is 5.91. The van der Waals surface area contributed by atoms with E-state index in [0.717, 1.165) is 38.4 Å². The predicted octanol–water partition coefficient (Wildman–Crippen LogP) is 3.50. The third-order valence-electron chi connectivity index (χ3n) is 5.18. The van der Waals surface area contributed by atoms with Crippen LogP contribution in [0, 0.1) is 0 Å². The molecular weight excluding hydrogens is 336 g/mol. The van der Waals surface area contributed by atoms with Crippen LogP contribution < -0.4 is 5.32 Å². The third-order valence-corrected chi connectivity index (χ3v) is 5.18. The summed E-state index contributed by atoms with van der Waals surface area (Å²) in [7, 11) is 0. The number of nitrogens with one attached hydrogen (secondary N) is 1. The maximum atomic E-state index is 12.4. The number of ether oxygens (including phenoxy) is 1. The van der Waals surface area contributed by atoms with Gasteiger partial charge in [0.15, 0.2) is 0 Å². The van der Waals surface area contributed by atoms with Crippen LogP contribution in [-0.4, -0.2) is 37.1 Å². The number of carbonyl (C=O) groups is 1. The summed E-state index contributed by atoms with van der Waals surface area (Å²) in [5, 5.41) is 3.06. The Morgan fingerprint density at radius 1 is 1.00 bits per heavy atom. The summed E-state index contributed by atoms with van der Waals surface area (Å²) < 4.78 is 5.39. The van der Waals surface area contributed by atoms with Crippen LogP contribution in [0.3, 0.4) is 0 Å². The van der Waals surface area contributed by atoms with E-state index in [2.05, 4.69) is 60.5 Å². The first-order valence-electron chi connectivity index (χ1n) is 9.73. The highest BCUT2D eigenvalue weighted by Crippen LogP contribution is 2.26. The van der Waals surface area contributed by atoms with Crippen LogP contribution in [0.15, 0.2) is 54.6 Å². The van der Waals surface area contributed by atoms with Crippen LogP contribution in [-0.2, 0) is 28.0 Å². The van der Waals surface area contributed by atoms with Crippen LogP contribution in [0.5, 0.6) is 0 Å². The normalized spacial score (nSPS) is 15.5. The number of benzene rings is 2. The first-order chi connectivity index (χ1) is 13.0. The van der Waals surface area contributed by atoms with Crippen molar-refractivity contribution < 1.29 is 9.53 Å². The Balaban J connectivity index is 1.47. The van der Waals surface area contributed by atoms with Crippen LogP contribution >= 0.6 is 0 Å². The molecular formula is C23H30N2O2. The van der Waals surface area contributed by atoms with Crippen LogP contribution in [0.2, 0.25) is 0 Å².